The molecule has 0 saturated heterocycles. The first-order chi connectivity index (χ1) is 7.65. The van der Waals surface area contributed by atoms with Crippen molar-refractivity contribution in [1.82, 2.24) is 0 Å². The van der Waals surface area contributed by atoms with Crippen molar-refractivity contribution in [2.24, 2.45) is 4.99 Å². The van der Waals surface area contributed by atoms with Gasteiger partial charge in [0, 0.05) is 11.8 Å². The van der Waals surface area contributed by atoms with Crippen LogP contribution in [-0.2, 0) is 9.59 Å². The minimum atomic E-state index is -0.991. The summed E-state index contributed by atoms with van der Waals surface area (Å²) < 4.78 is 5.13. The molecule has 1 atom stereocenters. The Bertz CT molecular complexity index is 496. The van der Waals surface area contributed by atoms with Crippen molar-refractivity contribution >= 4 is 34.5 Å². The van der Waals surface area contributed by atoms with E-state index >= 15 is 0 Å². The lowest BCUT2D eigenvalue weighted by Crippen LogP contribution is -2.18. The van der Waals surface area contributed by atoms with E-state index in [4.69, 9.17) is 16.3 Å². The molecule has 0 N–H and O–H groups in total. The number of methoxy groups -OCH3 is 1. The first kappa shape index (κ1) is 10.8. The van der Waals surface area contributed by atoms with E-state index in [0.717, 1.165) is 0 Å². The predicted molar refractivity (Wildman–Crippen MR) is 59.8 cm³/mol. The van der Waals surface area contributed by atoms with Crippen molar-refractivity contribution in [1.29, 1.82) is 0 Å². The van der Waals surface area contributed by atoms with E-state index in [0.29, 0.717) is 17.0 Å². The third-order valence-corrected chi connectivity index (χ3v) is 2.60. The Morgan fingerprint density at radius 2 is 2.19 bits per heavy atom. The quantitative estimate of drug-likeness (QED) is 0.595. The van der Waals surface area contributed by atoms with Crippen LogP contribution in [0.5, 0.6) is 5.75 Å². The number of carbonyl (C=O) groups excluding carboxylic acids is 2. The molecule has 4 nitrogen and oxygen atoms in total. The summed E-state index contributed by atoms with van der Waals surface area (Å²) in [6.45, 7) is 0. The van der Waals surface area contributed by atoms with Crippen molar-refractivity contribution < 1.29 is 14.3 Å². The average Bonchev–Trinajstić information content (AvgIpc) is 2.71. The largest absolute Gasteiger partial charge is 0.496 e. The van der Waals surface area contributed by atoms with Gasteiger partial charge in [0.05, 0.1) is 18.7 Å². The topological polar surface area (TPSA) is 55.7 Å². The number of fused-ring (bicyclic) bond motifs is 1. The number of ketones is 1. The van der Waals surface area contributed by atoms with Crippen LogP contribution < -0.4 is 4.74 Å². The molecule has 1 aliphatic rings. The molecule has 16 heavy (non-hydrogen) atoms. The van der Waals surface area contributed by atoms with Crippen molar-refractivity contribution in [3.8, 4) is 5.75 Å². The molecule has 1 aliphatic heterocycles. The highest BCUT2D eigenvalue weighted by Crippen LogP contribution is 2.39. The SMILES string of the molecule is COc1cccc2c1C(C(=O)C(=O)Cl)C=N2. The summed E-state index contributed by atoms with van der Waals surface area (Å²) in [5.41, 5.74) is 1.24. The van der Waals surface area contributed by atoms with Gasteiger partial charge in [-0.15, -0.1) is 0 Å². The summed E-state index contributed by atoms with van der Waals surface area (Å²) in [5, 5.41) is -0.991. The molecule has 1 unspecified atom stereocenters. The number of ether oxygens (including phenoxy) is 1. The molecule has 5 heteroatoms. The van der Waals surface area contributed by atoms with Gasteiger partial charge in [-0.3, -0.25) is 14.6 Å². The maximum absolute atomic E-state index is 11.5. The molecule has 0 amide bonds. The third kappa shape index (κ3) is 1.61. The number of carbonyl (C=O) groups is 2. The zero-order chi connectivity index (χ0) is 11.7. The summed E-state index contributed by atoms with van der Waals surface area (Å²) >= 11 is 5.18. The average molecular weight is 238 g/mol. The van der Waals surface area contributed by atoms with Gasteiger partial charge in [0.1, 0.15) is 5.75 Å². The maximum atomic E-state index is 11.5. The second-order valence-corrected chi connectivity index (χ2v) is 3.63. The first-order valence-electron chi connectivity index (χ1n) is 4.60. The molecule has 0 aromatic heterocycles. The molecule has 0 fully saturated rings. The van der Waals surface area contributed by atoms with Gasteiger partial charge in [0.25, 0.3) is 5.24 Å². The van der Waals surface area contributed by atoms with Crippen LogP contribution in [0.15, 0.2) is 23.2 Å². The van der Waals surface area contributed by atoms with E-state index < -0.39 is 16.9 Å². The highest BCUT2D eigenvalue weighted by molar-refractivity contribution is 6.82. The summed E-state index contributed by atoms with van der Waals surface area (Å²) in [6.07, 6.45) is 1.41. The van der Waals surface area contributed by atoms with Gasteiger partial charge in [-0.25, -0.2) is 0 Å². The van der Waals surface area contributed by atoms with E-state index in [2.05, 4.69) is 4.99 Å². The highest BCUT2D eigenvalue weighted by Gasteiger charge is 2.32. The Labute approximate surface area is 96.9 Å². The van der Waals surface area contributed by atoms with Gasteiger partial charge in [-0.2, -0.15) is 0 Å². The lowest BCUT2D eigenvalue weighted by molar-refractivity contribution is -0.132. The second-order valence-electron chi connectivity index (χ2n) is 3.29. The third-order valence-electron chi connectivity index (χ3n) is 2.41. The number of Topliss-reactive ketones (excluding diaryl/α,β-unsaturated/α-hetero) is 1. The molecular formula is C11H8ClNO3. The number of nitrogens with zero attached hydrogens (tertiary/aromatic N) is 1. The monoisotopic (exact) mass is 237 g/mol. The molecule has 0 aliphatic carbocycles. The van der Waals surface area contributed by atoms with Crippen molar-refractivity contribution in [2.45, 2.75) is 5.92 Å². The summed E-state index contributed by atoms with van der Waals surface area (Å²) in [5.74, 6) is -0.879. The number of hydrogen-bond acceptors (Lipinski definition) is 4. The molecule has 0 radical (unpaired) electrons. The number of benzene rings is 1. The first-order valence-corrected chi connectivity index (χ1v) is 4.97. The molecule has 0 spiro atoms. The zero-order valence-corrected chi connectivity index (χ0v) is 9.19. The van der Waals surface area contributed by atoms with Gasteiger partial charge < -0.3 is 4.74 Å². The fraction of sp³-hybridized carbons (Fsp3) is 0.182. The Hall–Kier alpha value is -1.68. The summed E-state index contributed by atoms with van der Waals surface area (Å²) in [6, 6.07) is 5.23. The Kier molecular flexibility index (Phi) is 2.75. The minimum Gasteiger partial charge on any atom is -0.496 e. The number of halogens is 1. The van der Waals surface area contributed by atoms with Gasteiger partial charge in [0.15, 0.2) is 0 Å². The van der Waals surface area contributed by atoms with Crippen molar-refractivity contribution in [2.75, 3.05) is 7.11 Å². The lowest BCUT2D eigenvalue weighted by Gasteiger charge is -2.10. The smallest absolute Gasteiger partial charge is 0.289 e. The van der Waals surface area contributed by atoms with E-state index in [1.165, 1.54) is 13.3 Å². The van der Waals surface area contributed by atoms with Crippen LogP contribution in [0.1, 0.15) is 11.5 Å². The van der Waals surface area contributed by atoms with Gasteiger partial charge in [0.2, 0.25) is 5.78 Å². The zero-order valence-electron chi connectivity index (χ0n) is 8.44. The van der Waals surface area contributed by atoms with Crippen LogP contribution >= 0.6 is 11.6 Å². The number of rotatable bonds is 3. The van der Waals surface area contributed by atoms with Crippen LogP contribution in [0.4, 0.5) is 5.69 Å². The molecular weight excluding hydrogens is 230 g/mol. The summed E-state index contributed by atoms with van der Waals surface area (Å²) in [4.78, 5) is 26.5. The Morgan fingerprint density at radius 1 is 1.44 bits per heavy atom. The van der Waals surface area contributed by atoms with Gasteiger partial charge >= 0.3 is 0 Å². The van der Waals surface area contributed by atoms with Crippen molar-refractivity contribution in [3.63, 3.8) is 0 Å². The molecule has 0 bridgehead atoms. The molecule has 1 aromatic rings. The van der Waals surface area contributed by atoms with Crippen LogP contribution in [0.25, 0.3) is 0 Å². The van der Waals surface area contributed by atoms with Crippen molar-refractivity contribution in [3.05, 3.63) is 23.8 Å². The van der Waals surface area contributed by atoms with Crippen LogP contribution in [-0.4, -0.2) is 24.4 Å². The van der Waals surface area contributed by atoms with E-state index in [1.54, 1.807) is 18.2 Å². The number of aliphatic imine (C=N–C) groups is 1. The molecule has 1 aromatic carbocycles. The minimum absolute atomic E-state index is 0.534. The van der Waals surface area contributed by atoms with Crippen LogP contribution in [0.3, 0.4) is 0 Å². The fourth-order valence-electron chi connectivity index (χ4n) is 1.69. The van der Waals surface area contributed by atoms with E-state index in [1.807, 2.05) is 0 Å². The number of hydrogen-bond donors (Lipinski definition) is 0. The van der Waals surface area contributed by atoms with E-state index in [9.17, 15) is 9.59 Å². The fourth-order valence-corrected chi connectivity index (χ4v) is 1.80. The standard InChI is InChI=1S/C11H8ClNO3/c1-16-8-4-2-3-7-9(8)6(5-13-7)10(14)11(12)15/h2-6H,1H3. The van der Waals surface area contributed by atoms with Crippen LogP contribution in [0, 0.1) is 0 Å². The summed E-state index contributed by atoms with van der Waals surface area (Å²) in [7, 11) is 1.50. The Balaban J connectivity index is 2.49. The van der Waals surface area contributed by atoms with E-state index in [-0.39, 0.29) is 0 Å². The molecule has 1 heterocycles. The van der Waals surface area contributed by atoms with Crippen LogP contribution in [0.2, 0.25) is 0 Å². The molecule has 82 valence electrons. The van der Waals surface area contributed by atoms with Gasteiger partial charge in [-0.05, 0) is 23.7 Å². The predicted octanol–water partition coefficient (Wildman–Crippen LogP) is 1.83. The highest BCUT2D eigenvalue weighted by atomic mass is 35.5. The van der Waals surface area contributed by atoms with Gasteiger partial charge in [-0.1, -0.05) is 6.07 Å². The molecule has 2 rings (SSSR count). The normalized spacial score (nSPS) is 17.0. The molecule has 0 saturated carbocycles. The lowest BCUT2D eigenvalue weighted by atomic mass is 9.96. The Morgan fingerprint density at radius 3 is 2.81 bits per heavy atom. The second kappa shape index (κ2) is 4.06. The maximum Gasteiger partial charge on any atom is 0.289 e.